The van der Waals surface area contributed by atoms with Crippen molar-refractivity contribution in [1.82, 2.24) is 4.31 Å². The lowest BCUT2D eigenvalue weighted by Crippen LogP contribution is -2.27. The van der Waals surface area contributed by atoms with E-state index in [1.807, 2.05) is 0 Å². The molecule has 1 heterocycles. The minimum Gasteiger partial charge on any atom is -0.468 e. The molecule has 0 atom stereocenters. The van der Waals surface area contributed by atoms with Crippen LogP contribution in [0.5, 0.6) is 0 Å². The van der Waals surface area contributed by atoms with E-state index in [0.29, 0.717) is 5.76 Å². The standard InChI is InChI=1S/C12H14N2O3S/c1-14(9-10-5-4-8-17-10)18(15,16)12-7-3-2-6-11(12)13/h2-8H,9,13H2,1H3. The molecule has 0 amide bonds. The van der Waals surface area contributed by atoms with E-state index in [0.717, 1.165) is 0 Å². The molecule has 2 aromatic rings. The SMILES string of the molecule is CN(Cc1ccco1)S(=O)(=O)c1ccccc1N. The van der Waals surface area contributed by atoms with E-state index >= 15 is 0 Å². The van der Waals surface area contributed by atoms with Gasteiger partial charge in [0.05, 0.1) is 18.5 Å². The number of rotatable bonds is 4. The van der Waals surface area contributed by atoms with Crippen LogP contribution in [-0.4, -0.2) is 19.8 Å². The van der Waals surface area contributed by atoms with Gasteiger partial charge in [0.2, 0.25) is 10.0 Å². The first-order chi connectivity index (χ1) is 8.51. The van der Waals surface area contributed by atoms with Crippen molar-refractivity contribution in [3.8, 4) is 0 Å². The van der Waals surface area contributed by atoms with Gasteiger partial charge in [0.1, 0.15) is 10.7 Å². The highest BCUT2D eigenvalue weighted by Crippen LogP contribution is 2.22. The number of nitrogen functional groups attached to an aromatic ring is 1. The summed E-state index contributed by atoms with van der Waals surface area (Å²) in [6, 6.07) is 9.83. The second-order valence-electron chi connectivity index (χ2n) is 3.88. The Balaban J connectivity index is 2.29. The summed E-state index contributed by atoms with van der Waals surface area (Å²) < 4.78 is 30.9. The maximum absolute atomic E-state index is 12.3. The third-order valence-corrected chi connectivity index (χ3v) is 4.44. The predicted octanol–water partition coefficient (Wildman–Crippen LogP) is 1.68. The molecule has 0 saturated carbocycles. The highest BCUT2D eigenvalue weighted by Gasteiger charge is 2.23. The van der Waals surface area contributed by atoms with Crippen LogP contribution in [0.15, 0.2) is 52.0 Å². The summed E-state index contributed by atoms with van der Waals surface area (Å²) >= 11 is 0. The van der Waals surface area contributed by atoms with Crippen LogP contribution < -0.4 is 5.73 Å². The monoisotopic (exact) mass is 266 g/mol. The van der Waals surface area contributed by atoms with Gasteiger partial charge in [0.25, 0.3) is 0 Å². The summed E-state index contributed by atoms with van der Waals surface area (Å²) in [5.41, 5.74) is 5.93. The molecule has 96 valence electrons. The number of hydrogen-bond donors (Lipinski definition) is 1. The van der Waals surface area contributed by atoms with Crippen molar-refractivity contribution in [2.75, 3.05) is 12.8 Å². The van der Waals surface area contributed by atoms with Crippen LogP contribution in [0.1, 0.15) is 5.76 Å². The molecule has 1 aromatic heterocycles. The van der Waals surface area contributed by atoms with Gasteiger partial charge in [-0.3, -0.25) is 0 Å². The van der Waals surface area contributed by atoms with Crippen molar-refractivity contribution < 1.29 is 12.8 Å². The van der Waals surface area contributed by atoms with E-state index in [2.05, 4.69) is 0 Å². The summed E-state index contributed by atoms with van der Waals surface area (Å²) in [6.45, 7) is 0.170. The van der Waals surface area contributed by atoms with E-state index < -0.39 is 10.0 Å². The molecule has 0 aliphatic carbocycles. The Morgan fingerprint density at radius 1 is 1.22 bits per heavy atom. The molecule has 1 aromatic carbocycles. The molecule has 0 fully saturated rings. The zero-order valence-electron chi connectivity index (χ0n) is 9.91. The smallest absolute Gasteiger partial charge is 0.245 e. The van der Waals surface area contributed by atoms with E-state index in [1.165, 1.54) is 23.7 Å². The number of benzene rings is 1. The van der Waals surface area contributed by atoms with Gasteiger partial charge >= 0.3 is 0 Å². The van der Waals surface area contributed by atoms with Crippen molar-refractivity contribution in [3.05, 3.63) is 48.4 Å². The number of furan rings is 1. The quantitative estimate of drug-likeness (QED) is 0.854. The second-order valence-corrected chi connectivity index (χ2v) is 5.89. The van der Waals surface area contributed by atoms with Gasteiger partial charge in [-0.15, -0.1) is 0 Å². The number of nitrogens with zero attached hydrogens (tertiary/aromatic N) is 1. The Kier molecular flexibility index (Phi) is 3.40. The topological polar surface area (TPSA) is 76.5 Å². The number of anilines is 1. The summed E-state index contributed by atoms with van der Waals surface area (Å²) in [7, 11) is -2.11. The molecule has 0 bridgehead atoms. The lowest BCUT2D eigenvalue weighted by atomic mass is 10.3. The Hall–Kier alpha value is -1.79. The number of para-hydroxylation sites is 1. The molecule has 0 saturated heterocycles. The van der Waals surface area contributed by atoms with Crippen molar-refractivity contribution >= 4 is 15.7 Å². The number of hydrogen-bond acceptors (Lipinski definition) is 4. The fraction of sp³-hybridized carbons (Fsp3) is 0.167. The summed E-state index contributed by atoms with van der Waals surface area (Å²) in [5.74, 6) is 0.579. The fourth-order valence-electron chi connectivity index (χ4n) is 1.59. The maximum atomic E-state index is 12.3. The highest BCUT2D eigenvalue weighted by molar-refractivity contribution is 7.89. The third kappa shape index (κ3) is 2.39. The van der Waals surface area contributed by atoms with Gasteiger partial charge in [-0.05, 0) is 24.3 Å². The van der Waals surface area contributed by atoms with Crippen LogP contribution in [0.2, 0.25) is 0 Å². The molecule has 18 heavy (non-hydrogen) atoms. The second kappa shape index (κ2) is 4.83. The van der Waals surface area contributed by atoms with Gasteiger partial charge in [-0.25, -0.2) is 8.42 Å². The predicted molar refractivity (Wildman–Crippen MR) is 68.2 cm³/mol. The molecule has 6 heteroatoms. The van der Waals surface area contributed by atoms with Crippen LogP contribution in [0.25, 0.3) is 0 Å². The van der Waals surface area contributed by atoms with E-state index in [1.54, 1.807) is 30.3 Å². The first-order valence-electron chi connectivity index (χ1n) is 5.35. The van der Waals surface area contributed by atoms with E-state index in [9.17, 15) is 8.42 Å². The van der Waals surface area contributed by atoms with Crippen LogP contribution in [0.3, 0.4) is 0 Å². The first-order valence-corrected chi connectivity index (χ1v) is 6.79. The number of sulfonamides is 1. The normalized spacial score (nSPS) is 11.9. The Morgan fingerprint density at radius 2 is 1.94 bits per heavy atom. The molecule has 0 aliphatic heterocycles. The van der Waals surface area contributed by atoms with Gasteiger partial charge in [-0.2, -0.15) is 4.31 Å². The average molecular weight is 266 g/mol. The van der Waals surface area contributed by atoms with Gasteiger partial charge in [-0.1, -0.05) is 12.1 Å². The van der Waals surface area contributed by atoms with Crippen molar-refractivity contribution in [2.24, 2.45) is 0 Å². The van der Waals surface area contributed by atoms with Crippen LogP contribution in [-0.2, 0) is 16.6 Å². The minimum atomic E-state index is -3.60. The summed E-state index contributed by atoms with van der Waals surface area (Å²) in [6.07, 6.45) is 1.51. The van der Waals surface area contributed by atoms with Gasteiger partial charge in [0.15, 0.2) is 0 Å². The molecule has 5 nitrogen and oxygen atoms in total. The van der Waals surface area contributed by atoms with Gasteiger partial charge < -0.3 is 10.2 Å². The molecule has 2 rings (SSSR count). The number of nitrogens with two attached hydrogens (primary N) is 1. The third-order valence-electron chi connectivity index (χ3n) is 2.57. The van der Waals surface area contributed by atoms with Crippen molar-refractivity contribution in [2.45, 2.75) is 11.4 Å². The fourth-order valence-corrected chi connectivity index (χ4v) is 2.84. The first kappa shape index (κ1) is 12.7. The minimum absolute atomic E-state index is 0.110. The van der Waals surface area contributed by atoms with Crippen molar-refractivity contribution in [3.63, 3.8) is 0 Å². The zero-order valence-corrected chi connectivity index (χ0v) is 10.7. The summed E-state index contributed by atoms with van der Waals surface area (Å²) in [5, 5.41) is 0. The molecular weight excluding hydrogens is 252 g/mol. The highest BCUT2D eigenvalue weighted by atomic mass is 32.2. The largest absolute Gasteiger partial charge is 0.468 e. The van der Waals surface area contributed by atoms with E-state index in [4.69, 9.17) is 10.2 Å². The lowest BCUT2D eigenvalue weighted by Gasteiger charge is -2.17. The van der Waals surface area contributed by atoms with Crippen LogP contribution >= 0.6 is 0 Å². The maximum Gasteiger partial charge on any atom is 0.245 e. The Labute approximate surface area is 106 Å². The Bertz CT molecular complexity index is 621. The van der Waals surface area contributed by atoms with E-state index in [-0.39, 0.29) is 17.1 Å². The molecular formula is C12H14N2O3S. The average Bonchev–Trinajstić information content (AvgIpc) is 2.82. The van der Waals surface area contributed by atoms with Crippen LogP contribution in [0.4, 0.5) is 5.69 Å². The zero-order chi connectivity index (χ0) is 13.2. The molecule has 0 aliphatic rings. The molecule has 0 radical (unpaired) electrons. The molecule has 0 unspecified atom stereocenters. The Morgan fingerprint density at radius 3 is 2.56 bits per heavy atom. The summed E-state index contributed by atoms with van der Waals surface area (Å²) in [4.78, 5) is 0.110. The van der Waals surface area contributed by atoms with Crippen molar-refractivity contribution in [1.29, 1.82) is 0 Å². The van der Waals surface area contributed by atoms with Gasteiger partial charge in [0, 0.05) is 7.05 Å². The molecule has 0 spiro atoms. The lowest BCUT2D eigenvalue weighted by molar-refractivity contribution is 0.406. The molecule has 2 N–H and O–H groups in total. The van der Waals surface area contributed by atoms with Crippen LogP contribution in [0, 0.1) is 0 Å².